The predicted octanol–water partition coefficient (Wildman–Crippen LogP) is 2.32. The molecule has 5 unspecified atom stereocenters. The van der Waals surface area contributed by atoms with E-state index in [2.05, 4.69) is 38.3 Å². The highest BCUT2D eigenvalue weighted by Crippen LogP contribution is 2.65. The van der Waals surface area contributed by atoms with Crippen molar-refractivity contribution in [1.29, 1.82) is 0 Å². The predicted molar refractivity (Wildman–Crippen MR) is 76.7 cm³/mol. The van der Waals surface area contributed by atoms with Gasteiger partial charge in [0.1, 0.15) is 0 Å². The van der Waals surface area contributed by atoms with Crippen molar-refractivity contribution in [3.8, 4) is 0 Å². The fourth-order valence-corrected chi connectivity index (χ4v) is 4.87. The summed E-state index contributed by atoms with van der Waals surface area (Å²) in [4.78, 5) is 12.5. The van der Waals surface area contributed by atoms with Crippen LogP contribution in [0, 0.1) is 22.7 Å². The van der Waals surface area contributed by atoms with Crippen LogP contribution in [-0.4, -0.2) is 24.5 Å². The Hall–Kier alpha value is -0.570. The van der Waals surface area contributed by atoms with Gasteiger partial charge in [-0.2, -0.15) is 0 Å². The maximum Gasteiger partial charge on any atom is 0.237 e. The molecule has 3 heteroatoms. The van der Waals surface area contributed by atoms with Gasteiger partial charge in [0.05, 0.1) is 6.04 Å². The van der Waals surface area contributed by atoms with E-state index in [4.69, 9.17) is 0 Å². The molecule has 2 N–H and O–H groups in total. The van der Waals surface area contributed by atoms with Gasteiger partial charge in [-0.3, -0.25) is 4.79 Å². The number of hydrogen-bond donors (Lipinski definition) is 2. The lowest BCUT2D eigenvalue weighted by atomic mass is 9.69. The summed E-state index contributed by atoms with van der Waals surface area (Å²) < 4.78 is 0. The van der Waals surface area contributed by atoms with Crippen molar-refractivity contribution >= 4 is 5.91 Å². The normalized spacial score (nSPS) is 47.6. The van der Waals surface area contributed by atoms with Crippen LogP contribution in [0.5, 0.6) is 0 Å². The second-order valence-corrected chi connectivity index (χ2v) is 7.87. The summed E-state index contributed by atoms with van der Waals surface area (Å²) in [5.41, 5.74) is 0.662. The Bertz CT molecular complexity index is 392. The molecule has 2 saturated carbocycles. The molecule has 0 aromatic carbocycles. The van der Waals surface area contributed by atoms with Gasteiger partial charge >= 0.3 is 0 Å². The van der Waals surface area contributed by atoms with Gasteiger partial charge in [0.15, 0.2) is 0 Å². The number of carbonyl (C=O) groups excluding carboxylic acids is 1. The summed E-state index contributed by atoms with van der Waals surface area (Å²) in [7, 11) is 0. The van der Waals surface area contributed by atoms with E-state index in [1.54, 1.807) is 0 Å². The van der Waals surface area contributed by atoms with E-state index in [1.807, 2.05) is 0 Å². The Kier molecular flexibility index (Phi) is 2.97. The molecule has 19 heavy (non-hydrogen) atoms. The van der Waals surface area contributed by atoms with E-state index >= 15 is 0 Å². The van der Waals surface area contributed by atoms with E-state index in [0.717, 1.165) is 18.9 Å². The quantitative estimate of drug-likeness (QED) is 0.803. The van der Waals surface area contributed by atoms with Gasteiger partial charge in [0, 0.05) is 6.04 Å². The van der Waals surface area contributed by atoms with Gasteiger partial charge in [0.25, 0.3) is 0 Å². The molecule has 3 aliphatic rings. The van der Waals surface area contributed by atoms with Gasteiger partial charge in [-0.25, -0.2) is 0 Å². The summed E-state index contributed by atoms with van der Waals surface area (Å²) in [6.07, 6.45) is 4.90. The summed E-state index contributed by atoms with van der Waals surface area (Å²) in [5, 5.41) is 6.72. The lowest BCUT2D eigenvalue weighted by Gasteiger charge is -2.40. The highest BCUT2D eigenvalue weighted by molar-refractivity contribution is 5.82. The third kappa shape index (κ3) is 1.77. The average molecular weight is 264 g/mol. The van der Waals surface area contributed by atoms with Crippen LogP contribution in [0.25, 0.3) is 0 Å². The Balaban J connectivity index is 1.70. The Morgan fingerprint density at radius 1 is 1.26 bits per heavy atom. The van der Waals surface area contributed by atoms with Gasteiger partial charge in [-0.1, -0.05) is 27.7 Å². The second-order valence-electron chi connectivity index (χ2n) is 7.87. The number of rotatable bonds is 2. The number of nitrogens with one attached hydrogen (secondary N) is 2. The molecule has 1 amide bonds. The first-order valence-corrected chi connectivity index (χ1v) is 7.90. The molecular weight excluding hydrogens is 236 g/mol. The van der Waals surface area contributed by atoms with E-state index in [-0.39, 0.29) is 17.4 Å². The number of hydrogen-bond acceptors (Lipinski definition) is 2. The van der Waals surface area contributed by atoms with Gasteiger partial charge in [-0.05, 0) is 54.9 Å². The summed E-state index contributed by atoms with van der Waals surface area (Å²) >= 11 is 0. The third-order valence-electron chi connectivity index (χ3n) is 6.93. The largest absolute Gasteiger partial charge is 0.351 e. The van der Waals surface area contributed by atoms with E-state index in [0.29, 0.717) is 17.4 Å². The molecule has 3 fully saturated rings. The highest BCUT2D eigenvalue weighted by Gasteiger charge is 2.61. The van der Waals surface area contributed by atoms with Crippen molar-refractivity contribution in [3.63, 3.8) is 0 Å². The molecule has 5 atom stereocenters. The van der Waals surface area contributed by atoms with Crippen LogP contribution in [0.4, 0.5) is 0 Å². The molecule has 108 valence electrons. The van der Waals surface area contributed by atoms with Crippen molar-refractivity contribution in [1.82, 2.24) is 10.6 Å². The summed E-state index contributed by atoms with van der Waals surface area (Å²) in [6, 6.07) is 0.411. The molecule has 2 bridgehead atoms. The molecule has 3 nitrogen and oxygen atoms in total. The topological polar surface area (TPSA) is 41.1 Å². The Morgan fingerprint density at radius 3 is 2.47 bits per heavy atom. The minimum atomic E-state index is 0.0332. The molecule has 0 aromatic rings. The first-order chi connectivity index (χ1) is 8.86. The molecule has 1 heterocycles. The van der Waals surface area contributed by atoms with Crippen LogP contribution in [0.2, 0.25) is 0 Å². The van der Waals surface area contributed by atoms with Crippen LogP contribution in [0.15, 0.2) is 0 Å². The maximum atomic E-state index is 12.5. The molecule has 2 aliphatic carbocycles. The summed E-state index contributed by atoms with van der Waals surface area (Å²) in [6.45, 7) is 10.3. The zero-order valence-corrected chi connectivity index (χ0v) is 12.8. The maximum absolute atomic E-state index is 12.5. The number of fused-ring (bicyclic) bond motifs is 2. The van der Waals surface area contributed by atoms with Crippen molar-refractivity contribution in [2.75, 3.05) is 6.54 Å². The Morgan fingerprint density at radius 2 is 2.00 bits per heavy atom. The van der Waals surface area contributed by atoms with Crippen LogP contribution in [0.3, 0.4) is 0 Å². The first-order valence-electron chi connectivity index (χ1n) is 7.90. The molecule has 3 rings (SSSR count). The van der Waals surface area contributed by atoms with Crippen molar-refractivity contribution in [3.05, 3.63) is 0 Å². The molecule has 1 aliphatic heterocycles. The van der Waals surface area contributed by atoms with Crippen LogP contribution < -0.4 is 10.6 Å². The average Bonchev–Trinajstić information content (AvgIpc) is 2.90. The van der Waals surface area contributed by atoms with Crippen molar-refractivity contribution in [2.45, 2.75) is 65.5 Å². The minimum Gasteiger partial charge on any atom is -0.351 e. The summed E-state index contributed by atoms with van der Waals surface area (Å²) in [5.74, 6) is 1.50. The first kappa shape index (κ1) is 13.4. The number of amides is 1. The monoisotopic (exact) mass is 264 g/mol. The zero-order chi connectivity index (χ0) is 13.8. The van der Waals surface area contributed by atoms with Gasteiger partial charge < -0.3 is 10.6 Å². The lowest BCUT2D eigenvalue weighted by molar-refractivity contribution is -0.125. The van der Waals surface area contributed by atoms with Crippen molar-refractivity contribution < 1.29 is 4.79 Å². The van der Waals surface area contributed by atoms with E-state index in [1.165, 1.54) is 19.3 Å². The van der Waals surface area contributed by atoms with Crippen LogP contribution in [-0.2, 0) is 4.79 Å². The minimum absolute atomic E-state index is 0.0332. The van der Waals surface area contributed by atoms with E-state index < -0.39 is 0 Å². The standard InChI is InChI=1S/C16H28N2O/c1-10-6-8-17-13(10)14(19)18-12-9-11-5-7-16(12,4)15(11,2)3/h10-13,17H,5-9H2,1-4H3,(H,18,19). The third-order valence-corrected chi connectivity index (χ3v) is 6.93. The molecular formula is C16H28N2O. The fraction of sp³-hybridized carbons (Fsp3) is 0.938. The van der Waals surface area contributed by atoms with Crippen LogP contribution in [0.1, 0.15) is 53.4 Å². The number of carbonyl (C=O) groups is 1. The van der Waals surface area contributed by atoms with E-state index in [9.17, 15) is 4.79 Å². The highest BCUT2D eigenvalue weighted by atomic mass is 16.2. The molecule has 0 radical (unpaired) electrons. The lowest BCUT2D eigenvalue weighted by Crippen LogP contribution is -2.52. The molecule has 0 aromatic heterocycles. The molecule has 0 spiro atoms. The fourth-order valence-electron chi connectivity index (χ4n) is 4.87. The van der Waals surface area contributed by atoms with Gasteiger partial charge in [0.2, 0.25) is 5.91 Å². The second kappa shape index (κ2) is 4.21. The van der Waals surface area contributed by atoms with Gasteiger partial charge in [-0.15, -0.1) is 0 Å². The SMILES string of the molecule is CC1CCNC1C(=O)NC1CC2CCC1(C)C2(C)C. The zero-order valence-electron chi connectivity index (χ0n) is 12.8. The van der Waals surface area contributed by atoms with Crippen molar-refractivity contribution in [2.24, 2.45) is 22.7 Å². The smallest absolute Gasteiger partial charge is 0.237 e. The Labute approximate surface area is 116 Å². The van der Waals surface area contributed by atoms with Crippen LogP contribution >= 0.6 is 0 Å². The molecule has 1 saturated heterocycles.